The molecule has 0 radical (unpaired) electrons. The van der Waals surface area contributed by atoms with Crippen molar-refractivity contribution in [1.29, 1.82) is 0 Å². The van der Waals surface area contributed by atoms with Gasteiger partial charge in [-0.2, -0.15) is 8.42 Å². The first kappa shape index (κ1) is 16.1. The number of rotatable bonds is 2. The number of nitrogens with zero attached hydrogens (tertiary/aromatic N) is 1. The number of hydrogen-bond donors (Lipinski definition) is 1. The Balaban J connectivity index is 2.53. The maximum Gasteiger partial charge on any atom is 0.427 e. The Morgan fingerprint density at radius 1 is 1.29 bits per heavy atom. The van der Waals surface area contributed by atoms with Crippen molar-refractivity contribution in [3.63, 3.8) is 0 Å². The number of fused-ring (bicyclic) bond motifs is 1. The summed E-state index contributed by atoms with van der Waals surface area (Å²) in [4.78, 5) is 15.7. The zero-order valence-electron chi connectivity index (χ0n) is 10.4. The molecule has 1 N–H and O–H groups in total. The van der Waals surface area contributed by atoms with E-state index < -0.39 is 15.3 Å². The third kappa shape index (κ3) is 3.88. The van der Waals surface area contributed by atoms with E-state index in [0.717, 1.165) is 0 Å². The minimum Gasteiger partial charge on any atom is -0.406 e. The average molecular weight is 370 g/mol. The highest BCUT2D eigenvalue weighted by Gasteiger charge is 2.19. The lowest BCUT2D eigenvalue weighted by atomic mass is 10.2. The van der Waals surface area contributed by atoms with Crippen LogP contribution in [0.15, 0.2) is 18.2 Å². The predicted octanol–water partition coefficient (Wildman–Crippen LogP) is 3.42. The van der Waals surface area contributed by atoms with E-state index in [4.69, 9.17) is 38.6 Å². The molecule has 6 nitrogen and oxygen atoms in total. The Morgan fingerprint density at radius 2 is 1.95 bits per heavy atom. The van der Waals surface area contributed by atoms with Gasteiger partial charge in [-0.15, -0.1) is 0 Å². The van der Waals surface area contributed by atoms with E-state index >= 15 is 0 Å². The molecule has 2 aromatic rings. The molecule has 1 heterocycles. The van der Waals surface area contributed by atoms with Crippen molar-refractivity contribution in [2.45, 2.75) is 6.92 Å². The molecule has 112 valence electrons. The number of aryl methyl sites for hydroxylation is 1. The highest BCUT2D eigenvalue weighted by Crippen LogP contribution is 2.37. The van der Waals surface area contributed by atoms with Crippen molar-refractivity contribution in [3.8, 4) is 5.75 Å². The Bertz CT molecular complexity index is 839. The zero-order chi connectivity index (χ0) is 15.8. The molecule has 0 saturated heterocycles. The third-order valence-corrected chi connectivity index (χ3v) is 3.61. The summed E-state index contributed by atoms with van der Waals surface area (Å²) in [7, 11) is 0.625. The van der Waals surface area contributed by atoms with Crippen LogP contribution in [0.5, 0.6) is 5.75 Å². The van der Waals surface area contributed by atoms with Crippen LogP contribution in [-0.2, 0) is 9.24 Å². The number of pyridine rings is 1. The third-order valence-electron chi connectivity index (χ3n) is 2.38. The monoisotopic (exact) mass is 368 g/mol. The number of aromatic nitrogens is 1. The standard InChI is InChI=1S/C11H7Cl3N2O4S/c1-5-2-3-6-7(12)4-8(13)10(9(6)15-5)20-11(17)16-21(14,18)19/h2-4H,1H3,(H,16,17). The maximum absolute atomic E-state index is 11.5. The number of amides is 1. The molecule has 1 aromatic heterocycles. The van der Waals surface area contributed by atoms with E-state index in [1.165, 1.54) is 10.8 Å². The van der Waals surface area contributed by atoms with E-state index in [2.05, 4.69) is 4.98 Å². The molecular weight excluding hydrogens is 363 g/mol. The first-order chi connectivity index (χ1) is 9.67. The number of nitrogens with one attached hydrogen (secondary N) is 1. The molecule has 0 unspecified atom stereocenters. The van der Waals surface area contributed by atoms with Gasteiger partial charge in [-0.3, -0.25) is 0 Å². The topological polar surface area (TPSA) is 85.4 Å². The van der Waals surface area contributed by atoms with Crippen LogP contribution in [0, 0.1) is 6.92 Å². The largest absolute Gasteiger partial charge is 0.427 e. The molecular formula is C11H7Cl3N2O4S. The summed E-state index contributed by atoms with van der Waals surface area (Å²) in [5, 5.41) is 0.830. The summed E-state index contributed by atoms with van der Waals surface area (Å²) in [5.41, 5.74) is 0.866. The number of halogens is 3. The Hall–Kier alpha value is -1.28. The van der Waals surface area contributed by atoms with Crippen molar-refractivity contribution in [2.24, 2.45) is 0 Å². The SMILES string of the molecule is Cc1ccc2c(Cl)cc(Cl)c(OC(=O)NS(=O)(=O)Cl)c2n1. The number of carbonyl (C=O) groups is 1. The molecule has 0 bridgehead atoms. The van der Waals surface area contributed by atoms with Crippen LogP contribution in [0.25, 0.3) is 10.9 Å². The highest BCUT2D eigenvalue weighted by molar-refractivity contribution is 8.12. The van der Waals surface area contributed by atoms with E-state index in [1.807, 2.05) is 0 Å². The lowest BCUT2D eigenvalue weighted by Crippen LogP contribution is -2.29. The predicted molar refractivity (Wildman–Crippen MR) is 80.4 cm³/mol. The van der Waals surface area contributed by atoms with Crippen LogP contribution in [0.2, 0.25) is 10.0 Å². The smallest absolute Gasteiger partial charge is 0.406 e. The molecule has 0 saturated carbocycles. The van der Waals surface area contributed by atoms with Gasteiger partial charge in [0, 0.05) is 21.8 Å². The quantitative estimate of drug-likeness (QED) is 0.820. The van der Waals surface area contributed by atoms with Crippen LogP contribution in [0.3, 0.4) is 0 Å². The molecule has 1 aromatic carbocycles. The maximum atomic E-state index is 11.5. The lowest BCUT2D eigenvalue weighted by Gasteiger charge is -2.10. The van der Waals surface area contributed by atoms with E-state index in [9.17, 15) is 13.2 Å². The van der Waals surface area contributed by atoms with Crippen LogP contribution in [-0.4, -0.2) is 19.5 Å². The van der Waals surface area contributed by atoms with Gasteiger partial charge in [0.2, 0.25) is 0 Å². The summed E-state index contributed by atoms with van der Waals surface area (Å²) in [5.74, 6) is -0.113. The second kappa shape index (κ2) is 5.84. The number of benzene rings is 1. The van der Waals surface area contributed by atoms with Gasteiger partial charge in [-0.05, 0) is 25.1 Å². The molecule has 10 heteroatoms. The average Bonchev–Trinajstić information content (AvgIpc) is 2.31. The second-order valence-corrected chi connectivity index (χ2v) is 7.06. The van der Waals surface area contributed by atoms with Crippen molar-refractivity contribution in [3.05, 3.63) is 33.9 Å². The van der Waals surface area contributed by atoms with Gasteiger partial charge in [0.25, 0.3) is 0 Å². The Kier molecular flexibility index (Phi) is 4.48. The highest BCUT2D eigenvalue weighted by atomic mass is 35.7. The van der Waals surface area contributed by atoms with E-state index in [-0.39, 0.29) is 16.3 Å². The molecule has 0 atom stereocenters. The van der Waals surface area contributed by atoms with Gasteiger partial charge in [0.05, 0.1) is 10.0 Å². The number of ether oxygens (including phenoxy) is 1. The first-order valence-electron chi connectivity index (χ1n) is 5.37. The fourth-order valence-corrected chi connectivity index (χ4v) is 2.58. The molecule has 0 aliphatic carbocycles. The number of hydrogen-bond acceptors (Lipinski definition) is 5. The van der Waals surface area contributed by atoms with Gasteiger partial charge >= 0.3 is 15.3 Å². The number of carbonyl (C=O) groups excluding carboxylic acids is 1. The molecule has 0 aliphatic rings. The Labute approximate surface area is 134 Å². The molecule has 0 aliphatic heterocycles. The van der Waals surface area contributed by atoms with Crippen LogP contribution in [0.4, 0.5) is 4.79 Å². The van der Waals surface area contributed by atoms with Gasteiger partial charge in [0.1, 0.15) is 5.52 Å². The van der Waals surface area contributed by atoms with Gasteiger partial charge < -0.3 is 4.74 Å². The Morgan fingerprint density at radius 3 is 2.57 bits per heavy atom. The summed E-state index contributed by atoms with van der Waals surface area (Å²) in [6.45, 7) is 1.72. The van der Waals surface area contributed by atoms with Gasteiger partial charge in [-0.25, -0.2) is 14.5 Å². The van der Waals surface area contributed by atoms with Crippen molar-refractivity contribution < 1.29 is 17.9 Å². The lowest BCUT2D eigenvalue weighted by molar-refractivity contribution is 0.207. The van der Waals surface area contributed by atoms with Crippen molar-refractivity contribution in [1.82, 2.24) is 9.71 Å². The van der Waals surface area contributed by atoms with Gasteiger partial charge in [-0.1, -0.05) is 23.2 Å². The minimum atomic E-state index is -4.27. The normalized spacial score (nSPS) is 11.4. The molecule has 2 rings (SSSR count). The first-order valence-corrected chi connectivity index (χ1v) is 8.43. The molecule has 0 spiro atoms. The zero-order valence-corrected chi connectivity index (χ0v) is 13.4. The summed E-state index contributed by atoms with van der Waals surface area (Å²) < 4.78 is 27.9. The van der Waals surface area contributed by atoms with Crippen LogP contribution < -0.4 is 9.46 Å². The van der Waals surface area contributed by atoms with E-state index in [1.54, 1.807) is 19.1 Å². The summed E-state index contributed by atoms with van der Waals surface area (Å²) in [6, 6.07) is 4.76. The van der Waals surface area contributed by atoms with Crippen molar-refractivity contribution in [2.75, 3.05) is 0 Å². The van der Waals surface area contributed by atoms with Gasteiger partial charge in [0.15, 0.2) is 5.75 Å². The second-order valence-electron chi connectivity index (χ2n) is 3.95. The van der Waals surface area contributed by atoms with Crippen LogP contribution >= 0.6 is 33.9 Å². The van der Waals surface area contributed by atoms with E-state index in [0.29, 0.717) is 16.1 Å². The van der Waals surface area contributed by atoms with Crippen molar-refractivity contribution >= 4 is 60.1 Å². The molecule has 21 heavy (non-hydrogen) atoms. The fourth-order valence-electron chi connectivity index (χ4n) is 1.60. The van der Waals surface area contributed by atoms with Crippen LogP contribution in [0.1, 0.15) is 5.69 Å². The molecule has 1 amide bonds. The summed E-state index contributed by atoms with van der Waals surface area (Å²) >= 11 is 12.0. The fraction of sp³-hybridized carbons (Fsp3) is 0.0909. The summed E-state index contributed by atoms with van der Waals surface area (Å²) in [6.07, 6.45) is -1.31. The minimum absolute atomic E-state index is 0.00715. The molecule has 0 fully saturated rings.